The number of nitrogens with zero attached hydrogens (tertiary/aromatic N) is 4. The number of hydrogen-bond acceptors (Lipinski definition) is 6. The minimum absolute atomic E-state index is 0.0135. The molecule has 0 spiro atoms. The van der Waals surface area contributed by atoms with E-state index in [0.29, 0.717) is 33.4 Å². The van der Waals surface area contributed by atoms with Gasteiger partial charge in [-0.15, -0.1) is 0 Å². The van der Waals surface area contributed by atoms with E-state index in [1.54, 1.807) is 30.3 Å². The van der Waals surface area contributed by atoms with E-state index in [0.717, 1.165) is 4.90 Å². The first-order valence-electron chi connectivity index (χ1n) is 10.0. The predicted octanol–water partition coefficient (Wildman–Crippen LogP) is 5.06. The van der Waals surface area contributed by atoms with Crippen LogP contribution in [0.15, 0.2) is 42.6 Å². The van der Waals surface area contributed by atoms with Crippen LogP contribution in [0.2, 0.25) is 10.0 Å². The summed E-state index contributed by atoms with van der Waals surface area (Å²) in [5.74, 6) is -0.133. The quantitative estimate of drug-likeness (QED) is 0.516. The van der Waals surface area contributed by atoms with Gasteiger partial charge in [-0.05, 0) is 49.4 Å². The Labute approximate surface area is 197 Å². The standard InChI is InChI=1S/C22H17Cl2F2N5O2/c1-30-8-7-12-9-13(5-6-15(12)22(30,25)26)28-21-27-10-14-19(29-21)33-11-31(20(14)32)18-16(23)3-2-4-17(18)24/h2-6,9-10H,7-8,11H2,1H3,(H,27,28,29). The van der Waals surface area contributed by atoms with Crippen LogP contribution in [0.1, 0.15) is 21.5 Å². The molecule has 170 valence electrons. The zero-order valence-electron chi connectivity index (χ0n) is 17.3. The third-order valence-electron chi connectivity index (χ3n) is 5.65. The van der Waals surface area contributed by atoms with Crippen molar-refractivity contribution in [1.29, 1.82) is 0 Å². The van der Waals surface area contributed by atoms with Crippen LogP contribution in [0, 0.1) is 0 Å². The molecule has 0 unspecified atom stereocenters. The van der Waals surface area contributed by atoms with E-state index in [9.17, 15) is 13.6 Å². The van der Waals surface area contributed by atoms with Crippen molar-refractivity contribution in [3.05, 3.63) is 69.3 Å². The van der Waals surface area contributed by atoms with Crippen molar-refractivity contribution < 1.29 is 18.3 Å². The lowest BCUT2D eigenvalue weighted by Gasteiger charge is -2.34. The molecule has 11 heteroatoms. The van der Waals surface area contributed by atoms with Crippen molar-refractivity contribution in [3.8, 4) is 5.88 Å². The Morgan fingerprint density at radius 3 is 2.70 bits per heavy atom. The number of likely N-dealkylation sites (N-methyl/N-ethyl adjacent to an activating group) is 1. The number of rotatable bonds is 3. The number of ether oxygens (including phenoxy) is 1. The van der Waals surface area contributed by atoms with E-state index in [2.05, 4.69) is 15.3 Å². The van der Waals surface area contributed by atoms with Gasteiger partial charge in [-0.2, -0.15) is 13.8 Å². The van der Waals surface area contributed by atoms with Crippen molar-refractivity contribution in [1.82, 2.24) is 14.9 Å². The number of hydrogen-bond donors (Lipinski definition) is 1. The van der Waals surface area contributed by atoms with E-state index in [4.69, 9.17) is 27.9 Å². The minimum atomic E-state index is -3.01. The molecule has 33 heavy (non-hydrogen) atoms. The molecule has 0 atom stereocenters. The van der Waals surface area contributed by atoms with Gasteiger partial charge < -0.3 is 10.1 Å². The summed E-state index contributed by atoms with van der Waals surface area (Å²) in [6.45, 7) is 0.119. The number of para-hydroxylation sites is 1. The summed E-state index contributed by atoms with van der Waals surface area (Å²) in [6.07, 6.45) is 1.84. The SMILES string of the molecule is CN1CCc2cc(Nc3ncc4c(n3)OCN(c3c(Cl)cccc3Cl)C4=O)ccc2C1(F)F. The Morgan fingerprint density at radius 2 is 1.94 bits per heavy atom. The molecule has 0 saturated heterocycles. The van der Waals surface area contributed by atoms with Crippen LogP contribution >= 0.6 is 23.2 Å². The number of aromatic nitrogens is 2. The molecule has 0 saturated carbocycles. The normalized spacial score (nSPS) is 17.2. The first-order chi connectivity index (χ1) is 15.8. The van der Waals surface area contributed by atoms with Gasteiger partial charge in [-0.25, -0.2) is 9.88 Å². The smallest absolute Gasteiger partial charge is 0.331 e. The molecule has 2 aromatic carbocycles. The third-order valence-corrected chi connectivity index (χ3v) is 6.26. The van der Waals surface area contributed by atoms with Crippen molar-refractivity contribution >= 4 is 46.4 Å². The van der Waals surface area contributed by atoms with Crippen LogP contribution in [0.3, 0.4) is 0 Å². The summed E-state index contributed by atoms with van der Waals surface area (Å²) in [4.78, 5) is 23.8. The van der Waals surface area contributed by atoms with Crippen LogP contribution in [-0.4, -0.2) is 41.1 Å². The number of carbonyl (C=O) groups is 1. The van der Waals surface area contributed by atoms with Gasteiger partial charge in [-0.1, -0.05) is 29.3 Å². The Hall–Kier alpha value is -3.01. The fourth-order valence-corrected chi connectivity index (χ4v) is 4.46. The monoisotopic (exact) mass is 491 g/mol. The van der Waals surface area contributed by atoms with Gasteiger partial charge in [0.25, 0.3) is 5.91 Å². The molecular formula is C22H17Cl2F2N5O2. The largest absolute Gasteiger partial charge is 0.455 e. The summed E-state index contributed by atoms with van der Waals surface area (Å²) in [5, 5.41) is 3.61. The molecule has 2 aliphatic heterocycles. The van der Waals surface area contributed by atoms with E-state index in [-0.39, 0.29) is 36.2 Å². The van der Waals surface area contributed by atoms with Gasteiger partial charge in [0.15, 0.2) is 6.73 Å². The van der Waals surface area contributed by atoms with Gasteiger partial charge in [0.2, 0.25) is 11.8 Å². The Bertz CT molecular complexity index is 1250. The van der Waals surface area contributed by atoms with E-state index < -0.39 is 12.0 Å². The van der Waals surface area contributed by atoms with E-state index >= 15 is 0 Å². The maximum atomic E-state index is 14.4. The molecule has 1 aromatic heterocycles. The molecule has 0 fully saturated rings. The zero-order valence-corrected chi connectivity index (χ0v) is 18.8. The predicted molar refractivity (Wildman–Crippen MR) is 121 cm³/mol. The van der Waals surface area contributed by atoms with Crippen LogP contribution in [0.5, 0.6) is 5.88 Å². The van der Waals surface area contributed by atoms with Crippen molar-refractivity contribution in [3.63, 3.8) is 0 Å². The number of nitrogens with one attached hydrogen (secondary N) is 1. The first kappa shape index (κ1) is 21.8. The highest BCUT2D eigenvalue weighted by Gasteiger charge is 2.41. The topological polar surface area (TPSA) is 70.6 Å². The van der Waals surface area contributed by atoms with Gasteiger partial charge in [0.1, 0.15) is 5.56 Å². The highest BCUT2D eigenvalue weighted by Crippen LogP contribution is 2.39. The second-order valence-electron chi connectivity index (χ2n) is 7.70. The molecule has 1 amide bonds. The zero-order chi connectivity index (χ0) is 23.3. The first-order valence-corrected chi connectivity index (χ1v) is 10.8. The van der Waals surface area contributed by atoms with Crippen LogP contribution in [-0.2, 0) is 12.5 Å². The lowest BCUT2D eigenvalue weighted by molar-refractivity contribution is -0.148. The molecule has 0 aliphatic carbocycles. The van der Waals surface area contributed by atoms with Crippen LogP contribution in [0.25, 0.3) is 0 Å². The number of anilines is 3. The van der Waals surface area contributed by atoms with Gasteiger partial charge in [0, 0.05) is 24.0 Å². The molecule has 0 bridgehead atoms. The third kappa shape index (κ3) is 3.76. The summed E-state index contributed by atoms with van der Waals surface area (Å²) >= 11 is 12.4. The van der Waals surface area contributed by atoms with Gasteiger partial charge in [0.05, 0.1) is 15.7 Å². The van der Waals surface area contributed by atoms with Crippen molar-refractivity contribution in [2.24, 2.45) is 0 Å². The Balaban J connectivity index is 1.39. The molecular weight excluding hydrogens is 475 g/mol. The number of carbonyl (C=O) groups excluding carboxylic acids is 1. The Morgan fingerprint density at radius 1 is 1.18 bits per heavy atom. The molecule has 2 aliphatic rings. The van der Waals surface area contributed by atoms with Crippen LogP contribution in [0.4, 0.5) is 26.1 Å². The number of halogens is 4. The van der Waals surface area contributed by atoms with Gasteiger partial charge in [-0.3, -0.25) is 9.69 Å². The maximum Gasteiger partial charge on any atom is 0.331 e. The van der Waals surface area contributed by atoms with E-state index in [1.165, 1.54) is 24.2 Å². The summed E-state index contributed by atoms with van der Waals surface area (Å²) in [7, 11) is 1.40. The second-order valence-corrected chi connectivity index (χ2v) is 8.51. The average molecular weight is 492 g/mol. The molecule has 5 rings (SSSR count). The fraction of sp³-hybridized carbons (Fsp3) is 0.227. The minimum Gasteiger partial charge on any atom is -0.455 e. The number of fused-ring (bicyclic) bond motifs is 2. The van der Waals surface area contributed by atoms with E-state index in [1.807, 2.05) is 0 Å². The molecule has 1 N–H and O–H groups in total. The van der Waals surface area contributed by atoms with Gasteiger partial charge >= 0.3 is 6.05 Å². The highest BCUT2D eigenvalue weighted by atomic mass is 35.5. The summed E-state index contributed by atoms with van der Waals surface area (Å²) in [6, 6.07) is 6.52. The van der Waals surface area contributed by atoms with Crippen molar-refractivity contribution in [2.75, 3.05) is 30.5 Å². The average Bonchev–Trinajstić information content (AvgIpc) is 2.78. The fourth-order valence-electron chi connectivity index (χ4n) is 3.86. The maximum absolute atomic E-state index is 14.4. The molecule has 0 radical (unpaired) electrons. The molecule has 3 heterocycles. The lowest BCUT2D eigenvalue weighted by atomic mass is 9.97. The number of benzene rings is 2. The second kappa shape index (κ2) is 8.09. The number of alkyl halides is 2. The Kier molecular flexibility index (Phi) is 5.35. The van der Waals surface area contributed by atoms with Crippen molar-refractivity contribution in [2.45, 2.75) is 12.5 Å². The molecule has 3 aromatic rings. The lowest BCUT2D eigenvalue weighted by Crippen LogP contribution is -2.41. The highest BCUT2D eigenvalue weighted by molar-refractivity contribution is 6.40. The summed E-state index contributed by atoms with van der Waals surface area (Å²) < 4.78 is 34.5. The summed E-state index contributed by atoms with van der Waals surface area (Å²) in [5.41, 5.74) is 1.59. The van der Waals surface area contributed by atoms with Crippen LogP contribution < -0.4 is 15.0 Å². The number of amides is 1. The molecule has 7 nitrogen and oxygen atoms in total.